The second kappa shape index (κ2) is 10.1. The highest BCUT2D eigenvalue weighted by Crippen LogP contribution is 2.45. The molecule has 5 rings (SSSR count). The van der Waals surface area contributed by atoms with Crippen LogP contribution < -0.4 is 0 Å². The van der Waals surface area contributed by atoms with E-state index in [0.717, 1.165) is 14.6 Å². The number of piperidine rings is 1. The number of carbonyl (C=O) groups excluding carboxylic acids is 4. The Labute approximate surface area is 237 Å². The summed E-state index contributed by atoms with van der Waals surface area (Å²) in [6.07, 6.45) is 11.2. The highest BCUT2D eigenvalue weighted by Gasteiger charge is 2.59. The van der Waals surface area contributed by atoms with E-state index in [9.17, 15) is 19.2 Å². The molecule has 3 unspecified atom stereocenters. The van der Waals surface area contributed by atoms with Crippen molar-refractivity contribution in [2.24, 2.45) is 5.92 Å². The van der Waals surface area contributed by atoms with Gasteiger partial charge in [0.25, 0.3) is 0 Å². The van der Waals surface area contributed by atoms with E-state index < -0.39 is 23.5 Å². The third-order valence-corrected chi connectivity index (χ3v) is 8.46. The first-order valence-electron chi connectivity index (χ1n) is 12.1. The minimum Gasteiger partial charge on any atom is -0.355 e. The van der Waals surface area contributed by atoms with Gasteiger partial charge in [0.2, 0.25) is 0 Å². The maximum absolute atomic E-state index is 13.7. The number of nitrogens with zero attached hydrogens (tertiary/aromatic N) is 2. The Kier molecular flexibility index (Phi) is 6.96. The number of ketones is 4. The van der Waals surface area contributed by atoms with Crippen LogP contribution in [0.15, 0.2) is 106 Å². The van der Waals surface area contributed by atoms with E-state index in [-0.39, 0.29) is 23.1 Å². The SMILES string of the molecule is CC1=CC2C(=O)[C@H](C3C(=O)C=CC2(C)N3/C=C/C(=O)c2ccc(Br)cc2)N1/C=C/C(=O)c1ccc(Br)cc1. The van der Waals surface area contributed by atoms with Gasteiger partial charge in [-0.25, -0.2) is 0 Å². The Bertz CT molecular complexity index is 1460. The van der Waals surface area contributed by atoms with E-state index in [1.807, 2.05) is 24.8 Å². The van der Waals surface area contributed by atoms with Gasteiger partial charge in [0.15, 0.2) is 23.1 Å². The number of hydrogen-bond acceptors (Lipinski definition) is 6. The highest BCUT2D eigenvalue weighted by molar-refractivity contribution is 9.10. The third-order valence-electron chi connectivity index (χ3n) is 7.40. The fourth-order valence-corrected chi connectivity index (χ4v) is 5.87. The first-order valence-corrected chi connectivity index (χ1v) is 13.7. The van der Waals surface area contributed by atoms with Crippen LogP contribution in [0.5, 0.6) is 0 Å². The maximum atomic E-state index is 13.7. The van der Waals surface area contributed by atoms with E-state index in [0.29, 0.717) is 11.1 Å². The molecule has 4 bridgehead atoms. The third kappa shape index (κ3) is 4.56. The molecule has 3 heterocycles. The van der Waals surface area contributed by atoms with Crippen molar-refractivity contribution >= 4 is 55.0 Å². The van der Waals surface area contributed by atoms with Crippen molar-refractivity contribution in [1.82, 2.24) is 9.80 Å². The van der Waals surface area contributed by atoms with Crippen LogP contribution >= 0.6 is 31.9 Å². The molecule has 0 aliphatic carbocycles. The first-order chi connectivity index (χ1) is 18.1. The zero-order valence-electron chi connectivity index (χ0n) is 20.7. The number of Topliss-reactive ketones (excluding diaryl/α,β-unsaturated/α-hetero) is 1. The van der Waals surface area contributed by atoms with E-state index in [1.165, 1.54) is 18.2 Å². The minimum absolute atomic E-state index is 0.0922. The monoisotopic (exact) mass is 634 g/mol. The van der Waals surface area contributed by atoms with Crippen LogP contribution in [0.1, 0.15) is 34.6 Å². The van der Waals surface area contributed by atoms with Crippen molar-refractivity contribution in [3.8, 4) is 0 Å². The van der Waals surface area contributed by atoms with Crippen molar-refractivity contribution < 1.29 is 19.2 Å². The Balaban J connectivity index is 1.49. The predicted octanol–water partition coefficient (Wildman–Crippen LogP) is 5.66. The molecule has 4 atom stereocenters. The Morgan fingerprint density at radius 3 is 1.92 bits per heavy atom. The lowest BCUT2D eigenvalue weighted by Crippen LogP contribution is -2.73. The smallest absolute Gasteiger partial charge is 0.187 e. The topological polar surface area (TPSA) is 74.8 Å². The molecule has 3 aliphatic rings. The fraction of sp³-hybridized carbons (Fsp3) is 0.200. The Morgan fingerprint density at radius 1 is 0.842 bits per heavy atom. The molecule has 0 saturated carbocycles. The van der Waals surface area contributed by atoms with Gasteiger partial charge in [-0.2, -0.15) is 0 Å². The molecule has 1 saturated heterocycles. The van der Waals surface area contributed by atoms with Gasteiger partial charge in [-0.1, -0.05) is 44.0 Å². The van der Waals surface area contributed by atoms with Crippen LogP contribution in [0.25, 0.3) is 0 Å². The Morgan fingerprint density at radius 2 is 1.37 bits per heavy atom. The summed E-state index contributed by atoms with van der Waals surface area (Å²) in [6.45, 7) is 3.78. The van der Waals surface area contributed by atoms with Crippen LogP contribution in [0.4, 0.5) is 0 Å². The van der Waals surface area contributed by atoms with Crippen molar-refractivity contribution in [2.45, 2.75) is 31.5 Å². The molecule has 0 N–H and O–H groups in total. The number of hydrogen-bond donors (Lipinski definition) is 0. The minimum atomic E-state index is -0.848. The van der Waals surface area contributed by atoms with Crippen molar-refractivity contribution in [3.05, 3.63) is 117 Å². The Hall–Kier alpha value is -3.36. The molecule has 1 fully saturated rings. The van der Waals surface area contributed by atoms with Crippen LogP contribution in [0.2, 0.25) is 0 Å². The van der Waals surface area contributed by atoms with Gasteiger partial charge >= 0.3 is 0 Å². The zero-order chi connectivity index (χ0) is 27.2. The van der Waals surface area contributed by atoms with E-state index in [2.05, 4.69) is 31.9 Å². The van der Waals surface area contributed by atoms with E-state index >= 15 is 0 Å². The van der Waals surface area contributed by atoms with Gasteiger partial charge in [-0.3, -0.25) is 19.2 Å². The second-order valence-electron chi connectivity index (χ2n) is 9.73. The lowest BCUT2D eigenvalue weighted by atomic mass is 9.66. The first kappa shape index (κ1) is 26.3. The lowest BCUT2D eigenvalue weighted by Gasteiger charge is -2.58. The second-order valence-corrected chi connectivity index (χ2v) is 11.6. The number of halogens is 2. The van der Waals surface area contributed by atoms with Gasteiger partial charge in [-0.15, -0.1) is 0 Å². The van der Waals surface area contributed by atoms with Gasteiger partial charge in [0.1, 0.15) is 12.1 Å². The van der Waals surface area contributed by atoms with Crippen LogP contribution in [0, 0.1) is 5.92 Å². The van der Waals surface area contributed by atoms with Crippen molar-refractivity contribution in [2.75, 3.05) is 0 Å². The number of carbonyl (C=O) groups is 4. The molecule has 2 aromatic rings. The summed E-state index contributed by atoms with van der Waals surface area (Å²) in [5.74, 6) is -1.27. The maximum Gasteiger partial charge on any atom is 0.187 e. The molecular weight excluding hydrogens is 612 g/mol. The molecule has 0 radical (unpaired) electrons. The number of allylic oxidation sites excluding steroid dienone is 3. The summed E-state index contributed by atoms with van der Waals surface area (Å²) >= 11 is 6.74. The largest absolute Gasteiger partial charge is 0.355 e. The molecule has 3 aliphatic heterocycles. The summed E-state index contributed by atoms with van der Waals surface area (Å²) in [6, 6.07) is 12.4. The number of fused-ring (bicyclic) bond motifs is 6. The zero-order valence-corrected chi connectivity index (χ0v) is 23.8. The summed E-state index contributed by atoms with van der Waals surface area (Å²) < 4.78 is 1.73. The number of rotatable bonds is 6. The summed E-state index contributed by atoms with van der Waals surface area (Å²) in [5.41, 5.74) is 0.999. The van der Waals surface area contributed by atoms with Crippen molar-refractivity contribution in [1.29, 1.82) is 0 Å². The molecular formula is C30H24Br2N2O4. The highest BCUT2D eigenvalue weighted by atomic mass is 79.9. The van der Waals surface area contributed by atoms with Crippen LogP contribution in [-0.2, 0) is 9.59 Å². The fourth-order valence-electron chi connectivity index (χ4n) is 5.34. The quantitative estimate of drug-likeness (QED) is 0.301. The van der Waals surface area contributed by atoms with E-state index in [4.69, 9.17) is 0 Å². The molecule has 0 aromatic heterocycles. The summed E-state index contributed by atoms with van der Waals surface area (Å²) in [7, 11) is 0. The van der Waals surface area contributed by atoms with Gasteiger partial charge in [0, 0.05) is 50.3 Å². The molecule has 2 aromatic carbocycles. The molecule has 8 heteroatoms. The molecule has 6 nitrogen and oxygen atoms in total. The number of benzene rings is 2. The van der Waals surface area contributed by atoms with E-state index in [1.54, 1.807) is 71.9 Å². The van der Waals surface area contributed by atoms with Crippen molar-refractivity contribution in [3.63, 3.8) is 0 Å². The summed E-state index contributed by atoms with van der Waals surface area (Å²) in [5, 5.41) is 0. The average Bonchev–Trinajstić information content (AvgIpc) is 2.89. The van der Waals surface area contributed by atoms with Gasteiger partial charge in [0.05, 0.1) is 11.5 Å². The van der Waals surface area contributed by atoms with Crippen LogP contribution in [0.3, 0.4) is 0 Å². The predicted molar refractivity (Wildman–Crippen MR) is 151 cm³/mol. The molecule has 0 spiro atoms. The lowest BCUT2D eigenvalue weighted by molar-refractivity contribution is -0.146. The molecule has 192 valence electrons. The molecule has 0 amide bonds. The summed E-state index contributed by atoms with van der Waals surface area (Å²) in [4.78, 5) is 56.2. The standard InChI is InChI=1S/C30H24Br2N2O4/c1-18-17-23-29(38)28(33(18)15-12-24(35)19-3-7-21(31)8-4-19)27-26(37)11-14-30(23,2)34(27)16-13-25(36)20-5-9-22(32)10-6-20/h3-17,23,27-28H,1-2H3/b15-12+,16-13+/t23?,27?,28-,30?/m0/s1. The van der Waals surface area contributed by atoms with Gasteiger partial charge < -0.3 is 9.80 Å². The molecule has 38 heavy (non-hydrogen) atoms. The normalized spacial score (nSPS) is 26.3. The van der Waals surface area contributed by atoms with Crippen LogP contribution in [-0.4, -0.2) is 50.6 Å². The van der Waals surface area contributed by atoms with Gasteiger partial charge in [-0.05, 0) is 68.5 Å². The average molecular weight is 636 g/mol.